The predicted molar refractivity (Wildman–Crippen MR) is 67.9 cm³/mol. The fourth-order valence-electron chi connectivity index (χ4n) is 1.61. The first kappa shape index (κ1) is 12.3. The maximum Gasteiger partial charge on any atom is 0.228 e. The molecule has 0 unspecified atom stereocenters. The summed E-state index contributed by atoms with van der Waals surface area (Å²) < 4.78 is 16.7. The van der Waals surface area contributed by atoms with Gasteiger partial charge in [-0.3, -0.25) is 4.21 Å². The second kappa shape index (κ2) is 5.95. The molecule has 2 heterocycles. The number of rotatable bonds is 4. The van der Waals surface area contributed by atoms with E-state index in [2.05, 4.69) is 21.8 Å². The van der Waals surface area contributed by atoms with Gasteiger partial charge in [0.15, 0.2) is 0 Å². The van der Waals surface area contributed by atoms with Crippen molar-refractivity contribution in [1.82, 2.24) is 9.97 Å². The Kier molecular flexibility index (Phi) is 4.30. The Morgan fingerprint density at radius 1 is 1.47 bits per heavy atom. The van der Waals surface area contributed by atoms with Crippen LogP contribution in [0.3, 0.4) is 0 Å². The maximum absolute atomic E-state index is 11.3. The maximum atomic E-state index is 11.3. The van der Waals surface area contributed by atoms with E-state index >= 15 is 0 Å². The van der Waals surface area contributed by atoms with Crippen molar-refractivity contribution >= 4 is 16.7 Å². The van der Waals surface area contributed by atoms with E-state index in [0.717, 1.165) is 19.5 Å². The molecule has 2 rings (SSSR count). The molecule has 1 saturated heterocycles. The van der Waals surface area contributed by atoms with Crippen molar-refractivity contribution in [2.75, 3.05) is 36.1 Å². The van der Waals surface area contributed by atoms with Crippen molar-refractivity contribution in [3.63, 3.8) is 0 Å². The van der Waals surface area contributed by atoms with E-state index in [0.29, 0.717) is 29.9 Å². The normalized spacial score (nSPS) is 17.1. The van der Waals surface area contributed by atoms with Gasteiger partial charge in [0.05, 0.1) is 6.61 Å². The van der Waals surface area contributed by atoms with Crippen molar-refractivity contribution in [3.8, 4) is 5.88 Å². The van der Waals surface area contributed by atoms with E-state index in [-0.39, 0.29) is 0 Å². The molecule has 1 fully saturated rings. The van der Waals surface area contributed by atoms with E-state index in [1.807, 2.05) is 0 Å². The first-order valence-corrected chi connectivity index (χ1v) is 7.34. The molecule has 0 atom stereocenters. The zero-order valence-electron chi connectivity index (χ0n) is 9.96. The van der Waals surface area contributed by atoms with Crippen molar-refractivity contribution in [2.45, 2.75) is 13.3 Å². The van der Waals surface area contributed by atoms with Gasteiger partial charge in [-0.2, -0.15) is 4.98 Å². The summed E-state index contributed by atoms with van der Waals surface area (Å²) in [5, 5.41) is 0. The van der Waals surface area contributed by atoms with Crippen molar-refractivity contribution in [2.24, 2.45) is 0 Å². The van der Waals surface area contributed by atoms with Crippen LogP contribution in [-0.2, 0) is 10.8 Å². The van der Waals surface area contributed by atoms with Crippen LogP contribution < -0.4 is 9.64 Å². The summed E-state index contributed by atoms with van der Waals surface area (Å²) >= 11 is 0. The average Bonchev–Trinajstić information content (AvgIpc) is 2.37. The molecule has 94 valence electrons. The van der Waals surface area contributed by atoms with Crippen molar-refractivity contribution in [1.29, 1.82) is 0 Å². The lowest BCUT2D eigenvalue weighted by Gasteiger charge is -2.26. The van der Waals surface area contributed by atoms with Crippen LogP contribution in [0.2, 0.25) is 0 Å². The Hall–Kier alpha value is -1.17. The Morgan fingerprint density at radius 3 is 2.94 bits per heavy atom. The van der Waals surface area contributed by atoms with Crippen molar-refractivity contribution in [3.05, 3.63) is 12.3 Å². The highest BCUT2D eigenvalue weighted by Crippen LogP contribution is 2.14. The molecule has 1 aromatic rings. The van der Waals surface area contributed by atoms with E-state index in [4.69, 9.17) is 4.74 Å². The Labute approximate surface area is 104 Å². The van der Waals surface area contributed by atoms with Gasteiger partial charge in [0.25, 0.3) is 0 Å². The molecule has 0 aromatic carbocycles. The fourth-order valence-corrected chi connectivity index (χ4v) is 2.66. The molecule has 0 amide bonds. The van der Waals surface area contributed by atoms with Crippen LogP contribution in [0, 0.1) is 0 Å². The molecule has 0 radical (unpaired) electrons. The quantitative estimate of drug-likeness (QED) is 0.798. The van der Waals surface area contributed by atoms with Gasteiger partial charge in [-0.25, -0.2) is 4.98 Å². The summed E-state index contributed by atoms with van der Waals surface area (Å²) in [5.41, 5.74) is 0. The molecular formula is C11H17N3O2S. The minimum atomic E-state index is -0.673. The summed E-state index contributed by atoms with van der Waals surface area (Å²) in [7, 11) is -0.673. The van der Waals surface area contributed by atoms with Gasteiger partial charge in [-0.15, -0.1) is 0 Å². The molecule has 0 aliphatic carbocycles. The third-order valence-corrected chi connectivity index (χ3v) is 3.81. The van der Waals surface area contributed by atoms with Crippen molar-refractivity contribution < 1.29 is 8.95 Å². The molecule has 0 spiro atoms. The van der Waals surface area contributed by atoms with Crippen LogP contribution in [0.1, 0.15) is 13.3 Å². The average molecular weight is 255 g/mol. The topological polar surface area (TPSA) is 55.3 Å². The number of hydrogen-bond acceptors (Lipinski definition) is 5. The molecule has 1 aliphatic rings. The zero-order valence-corrected chi connectivity index (χ0v) is 10.8. The van der Waals surface area contributed by atoms with Crippen LogP contribution >= 0.6 is 0 Å². The van der Waals surface area contributed by atoms with Crippen LogP contribution in [0.5, 0.6) is 5.88 Å². The largest absolute Gasteiger partial charge is 0.478 e. The SMILES string of the molecule is CCCOc1ccnc(N2CCS(=O)CC2)n1. The number of anilines is 1. The standard InChI is InChI=1S/C11H17N3O2S/c1-2-7-16-10-3-4-12-11(13-10)14-5-8-17(15)9-6-14/h3-4H,2,5-9H2,1H3. The molecule has 1 aromatic heterocycles. The number of aromatic nitrogens is 2. The Morgan fingerprint density at radius 2 is 2.24 bits per heavy atom. The summed E-state index contributed by atoms with van der Waals surface area (Å²) in [6.45, 7) is 4.23. The predicted octanol–water partition coefficient (Wildman–Crippen LogP) is 0.834. The number of ether oxygens (including phenoxy) is 1. The molecule has 0 saturated carbocycles. The second-order valence-corrected chi connectivity index (χ2v) is 5.57. The fraction of sp³-hybridized carbons (Fsp3) is 0.636. The third kappa shape index (κ3) is 3.39. The molecule has 6 heteroatoms. The summed E-state index contributed by atoms with van der Waals surface area (Å²) in [6, 6.07) is 1.77. The van der Waals surface area contributed by atoms with Crippen LogP contribution in [-0.4, -0.2) is 45.4 Å². The van der Waals surface area contributed by atoms with Crippen LogP contribution in [0.15, 0.2) is 12.3 Å². The molecule has 1 aliphatic heterocycles. The summed E-state index contributed by atoms with van der Waals surface area (Å²) in [6.07, 6.45) is 2.67. The van der Waals surface area contributed by atoms with E-state index in [9.17, 15) is 4.21 Å². The first-order valence-electron chi connectivity index (χ1n) is 5.85. The number of nitrogens with zero attached hydrogens (tertiary/aromatic N) is 3. The lowest BCUT2D eigenvalue weighted by atomic mass is 10.5. The van der Waals surface area contributed by atoms with Gasteiger partial charge < -0.3 is 9.64 Å². The first-order chi connectivity index (χ1) is 8.29. The highest BCUT2D eigenvalue weighted by molar-refractivity contribution is 7.85. The van der Waals surface area contributed by atoms with Gasteiger partial charge in [0, 0.05) is 47.7 Å². The van der Waals surface area contributed by atoms with Gasteiger partial charge >= 0.3 is 0 Å². The molecule has 0 bridgehead atoms. The number of hydrogen-bond donors (Lipinski definition) is 0. The van der Waals surface area contributed by atoms with Crippen LogP contribution in [0.25, 0.3) is 0 Å². The summed E-state index contributed by atoms with van der Waals surface area (Å²) in [5.74, 6) is 2.69. The highest BCUT2D eigenvalue weighted by Gasteiger charge is 2.17. The van der Waals surface area contributed by atoms with Gasteiger partial charge in [0.1, 0.15) is 0 Å². The van der Waals surface area contributed by atoms with E-state index in [1.165, 1.54) is 0 Å². The monoisotopic (exact) mass is 255 g/mol. The lowest BCUT2D eigenvalue weighted by Crippen LogP contribution is -2.38. The minimum Gasteiger partial charge on any atom is -0.478 e. The van der Waals surface area contributed by atoms with E-state index < -0.39 is 10.8 Å². The Bertz CT molecular complexity index is 390. The zero-order chi connectivity index (χ0) is 12.1. The molecule has 17 heavy (non-hydrogen) atoms. The summed E-state index contributed by atoms with van der Waals surface area (Å²) in [4.78, 5) is 10.6. The lowest BCUT2D eigenvalue weighted by molar-refractivity contribution is 0.305. The van der Waals surface area contributed by atoms with Gasteiger partial charge in [0.2, 0.25) is 11.8 Å². The van der Waals surface area contributed by atoms with Gasteiger partial charge in [-0.05, 0) is 6.42 Å². The Balaban J connectivity index is 2.02. The minimum absolute atomic E-state index is 0.614. The molecule has 0 N–H and O–H groups in total. The third-order valence-electron chi connectivity index (χ3n) is 2.53. The second-order valence-electron chi connectivity index (χ2n) is 3.88. The van der Waals surface area contributed by atoms with E-state index in [1.54, 1.807) is 12.3 Å². The highest BCUT2D eigenvalue weighted by atomic mass is 32.2. The van der Waals surface area contributed by atoms with Crippen LogP contribution in [0.4, 0.5) is 5.95 Å². The van der Waals surface area contributed by atoms with Gasteiger partial charge in [-0.1, -0.05) is 6.92 Å². The molecule has 5 nitrogen and oxygen atoms in total. The smallest absolute Gasteiger partial charge is 0.228 e. The molecular weight excluding hydrogens is 238 g/mol.